The molecule has 1 aromatic carbocycles. The number of carbonyl (C=O) groups excluding carboxylic acids is 1. The Morgan fingerprint density at radius 3 is 2.44 bits per heavy atom. The van der Waals surface area contributed by atoms with Crippen molar-refractivity contribution in [2.45, 2.75) is 33.6 Å². The van der Waals surface area contributed by atoms with Gasteiger partial charge >= 0.3 is 0 Å². The minimum absolute atomic E-state index is 0.222. The highest BCUT2D eigenvalue weighted by Crippen LogP contribution is 2.31. The third-order valence-corrected chi connectivity index (χ3v) is 2.97. The minimum Gasteiger partial charge on any atom is -0.289 e. The second-order valence-corrected chi connectivity index (χ2v) is 5.65. The van der Waals surface area contributed by atoms with Crippen molar-refractivity contribution in [1.82, 2.24) is 0 Å². The Morgan fingerprint density at radius 2 is 1.81 bits per heavy atom. The molecule has 0 bridgehead atoms. The van der Waals surface area contributed by atoms with Gasteiger partial charge in [-0.25, -0.2) is 0 Å². The van der Waals surface area contributed by atoms with Crippen molar-refractivity contribution in [2.24, 2.45) is 5.41 Å². The summed E-state index contributed by atoms with van der Waals surface area (Å²) in [5.41, 5.74) is 3.20. The fourth-order valence-corrected chi connectivity index (χ4v) is 1.95. The van der Waals surface area contributed by atoms with Gasteiger partial charge in [0.1, 0.15) is 0 Å². The van der Waals surface area contributed by atoms with E-state index in [1.807, 2.05) is 30.3 Å². The minimum atomic E-state index is 0.222. The van der Waals surface area contributed by atoms with Gasteiger partial charge in [0.2, 0.25) is 0 Å². The van der Waals surface area contributed by atoms with Crippen LogP contribution < -0.4 is 0 Å². The average Bonchev–Trinajstić information content (AvgIpc) is 2.53. The van der Waals surface area contributed by atoms with E-state index in [4.69, 9.17) is 0 Å². The SMILES string of the molecule is CC(C)(C)CCC1=Cc2ccccc2C1=O. The molecule has 0 N–H and O–H groups in total. The predicted octanol–water partition coefficient (Wildman–Crippen LogP) is 4.09. The van der Waals surface area contributed by atoms with E-state index in [0.29, 0.717) is 0 Å². The Hall–Kier alpha value is -1.37. The maximum atomic E-state index is 12.0. The van der Waals surface area contributed by atoms with Crippen molar-refractivity contribution in [1.29, 1.82) is 0 Å². The molecule has 0 saturated heterocycles. The fraction of sp³-hybridized carbons (Fsp3) is 0.400. The Labute approximate surface area is 97.2 Å². The van der Waals surface area contributed by atoms with Gasteiger partial charge in [0.15, 0.2) is 5.78 Å². The molecule has 84 valence electrons. The molecule has 0 spiro atoms. The van der Waals surface area contributed by atoms with Crippen LogP contribution in [-0.2, 0) is 0 Å². The zero-order chi connectivity index (χ0) is 11.8. The molecular formula is C15H18O. The number of benzene rings is 1. The van der Waals surface area contributed by atoms with E-state index in [-0.39, 0.29) is 11.2 Å². The van der Waals surface area contributed by atoms with Gasteiger partial charge < -0.3 is 0 Å². The lowest BCUT2D eigenvalue weighted by molar-refractivity contribution is 0.103. The smallest absolute Gasteiger partial charge is 0.189 e. The molecule has 1 nitrogen and oxygen atoms in total. The molecule has 0 heterocycles. The lowest BCUT2D eigenvalue weighted by Gasteiger charge is -2.17. The first-order valence-electron chi connectivity index (χ1n) is 5.82. The van der Waals surface area contributed by atoms with Crippen LogP contribution in [0.4, 0.5) is 0 Å². The summed E-state index contributed by atoms with van der Waals surface area (Å²) < 4.78 is 0. The molecule has 0 aliphatic heterocycles. The van der Waals surface area contributed by atoms with Crippen LogP contribution in [0.15, 0.2) is 29.8 Å². The molecule has 1 aliphatic rings. The van der Waals surface area contributed by atoms with Gasteiger partial charge in [-0.1, -0.05) is 45.0 Å². The number of carbonyl (C=O) groups is 1. The third-order valence-electron chi connectivity index (χ3n) is 2.97. The maximum Gasteiger partial charge on any atom is 0.189 e. The van der Waals surface area contributed by atoms with Crippen molar-refractivity contribution >= 4 is 11.9 Å². The number of hydrogen-bond acceptors (Lipinski definition) is 1. The van der Waals surface area contributed by atoms with Crippen LogP contribution in [0, 0.1) is 5.41 Å². The summed E-state index contributed by atoms with van der Waals surface area (Å²) in [7, 11) is 0. The average molecular weight is 214 g/mol. The first-order valence-corrected chi connectivity index (χ1v) is 5.82. The van der Waals surface area contributed by atoms with Gasteiger partial charge in [-0.05, 0) is 29.9 Å². The van der Waals surface area contributed by atoms with E-state index in [9.17, 15) is 4.79 Å². The monoisotopic (exact) mass is 214 g/mol. The lowest BCUT2D eigenvalue weighted by atomic mass is 9.88. The first-order chi connectivity index (χ1) is 7.47. The van der Waals surface area contributed by atoms with E-state index in [0.717, 1.165) is 29.5 Å². The second kappa shape index (κ2) is 3.89. The van der Waals surface area contributed by atoms with E-state index in [1.165, 1.54) is 0 Å². The molecule has 0 fully saturated rings. The standard InChI is InChI=1S/C15H18O/c1-15(2,3)9-8-12-10-11-6-4-5-7-13(11)14(12)16/h4-7,10H,8-9H2,1-3H3. The number of ketones is 1. The van der Waals surface area contributed by atoms with E-state index >= 15 is 0 Å². The third kappa shape index (κ3) is 2.24. The van der Waals surface area contributed by atoms with Gasteiger partial charge in [0.05, 0.1) is 0 Å². The molecule has 0 atom stereocenters. The van der Waals surface area contributed by atoms with Gasteiger partial charge in [0.25, 0.3) is 0 Å². The van der Waals surface area contributed by atoms with Crippen LogP contribution in [0.3, 0.4) is 0 Å². The van der Waals surface area contributed by atoms with E-state index < -0.39 is 0 Å². The highest BCUT2D eigenvalue weighted by atomic mass is 16.1. The van der Waals surface area contributed by atoms with Crippen molar-refractivity contribution in [3.05, 3.63) is 41.0 Å². The zero-order valence-electron chi connectivity index (χ0n) is 10.2. The highest BCUT2D eigenvalue weighted by Gasteiger charge is 2.22. The van der Waals surface area contributed by atoms with Crippen LogP contribution in [0.25, 0.3) is 6.08 Å². The maximum absolute atomic E-state index is 12.0. The molecule has 0 unspecified atom stereocenters. The summed E-state index contributed by atoms with van der Waals surface area (Å²) in [6, 6.07) is 7.84. The van der Waals surface area contributed by atoms with Crippen LogP contribution in [0.5, 0.6) is 0 Å². The molecule has 0 aromatic heterocycles. The van der Waals surface area contributed by atoms with Crippen molar-refractivity contribution < 1.29 is 4.79 Å². The highest BCUT2D eigenvalue weighted by molar-refractivity contribution is 6.17. The number of Topliss-reactive ketones (excluding diaryl/α,β-unsaturated/α-hetero) is 1. The summed E-state index contributed by atoms with van der Waals surface area (Å²) in [5, 5.41) is 0. The van der Waals surface area contributed by atoms with Crippen LogP contribution in [0.1, 0.15) is 49.5 Å². The quantitative estimate of drug-likeness (QED) is 0.724. The number of allylic oxidation sites excluding steroid dienone is 1. The molecule has 0 radical (unpaired) electrons. The summed E-state index contributed by atoms with van der Waals surface area (Å²) in [5.74, 6) is 0.222. The Kier molecular flexibility index (Phi) is 2.71. The predicted molar refractivity (Wildman–Crippen MR) is 67.4 cm³/mol. The lowest BCUT2D eigenvalue weighted by Crippen LogP contribution is -2.07. The van der Waals surface area contributed by atoms with Gasteiger partial charge in [-0.3, -0.25) is 4.79 Å². The molecule has 0 amide bonds. The molecule has 1 aromatic rings. The van der Waals surface area contributed by atoms with Crippen LogP contribution in [-0.4, -0.2) is 5.78 Å². The molecule has 16 heavy (non-hydrogen) atoms. The van der Waals surface area contributed by atoms with Crippen LogP contribution >= 0.6 is 0 Å². The Balaban J connectivity index is 2.14. The summed E-state index contributed by atoms with van der Waals surface area (Å²) >= 11 is 0. The summed E-state index contributed by atoms with van der Waals surface area (Å²) in [6.45, 7) is 6.63. The van der Waals surface area contributed by atoms with Crippen molar-refractivity contribution in [3.8, 4) is 0 Å². The van der Waals surface area contributed by atoms with Gasteiger partial charge in [0, 0.05) is 11.1 Å². The number of rotatable bonds is 2. The second-order valence-electron chi connectivity index (χ2n) is 5.65. The normalized spacial score (nSPS) is 14.9. The first kappa shape index (κ1) is 11.1. The zero-order valence-corrected chi connectivity index (χ0v) is 10.2. The van der Waals surface area contributed by atoms with Crippen molar-refractivity contribution in [3.63, 3.8) is 0 Å². The molecular weight excluding hydrogens is 196 g/mol. The topological polar surface area (TPSA) is 17.1 Å². The van der Waals surface area contributed by atoms with E-state index in [1.54, 1.807) is 0 Å². The number of hydrogen-bond donors (Lipinski definition) is 0. The Morgan fingerprint density at radius 1 is 1.12 bits per heavy atom. The van der Waals surface area contributed by atoms with Crippen molar-refractivity contribution in [2.75, 3.05) is 0 Å². The largest absolute Gasteiger partial charge is 0.289 e. The molecule has 1 heteroatoms. The number of fused-ring (bicyclic) bond motifs is 1. The van der Waals surface area contributed by atoms with Gasteiger partial charge in [-0.15, -0.1) is 0 Å². The summed E-state index contributed by atoms with van der Waals surface area (Å²) in [6.07, 6.45) is 3.99. The molecule has 1 aliphatic carbocycles. The molecule has 2 rings (SSSR count). The van der Waals surface area contributed by atoms with Gasteiger partial charge in [-0.2, -0.15) is 0 Å². The van der Waals surface area contributed by atoms with Crippen LogP contribution in [0.2, 0.25) is 0 Å². The molecule has 0 saturated carbocycles. The summed E-state index contributed by atoms with van der Waals surface area (Å²) in [4.78, 5) is 12.0. The fourth-order valence-electron chi connectivity index (χ4n) is 1.95. The Bertz CT molecular complexity index is 447. The van der Waals surface area contributed by atoms with E-state index in [2.05, 4.69) is 20.8 Å².